The van der Waals surface area contributed by atoms with Crippen LogP contribution in [0.25, 0.3) is 32.8 Å². The minimum Gasteiger partial charge on any atom is -0.468 e. The molecule has 0 unspecified atom stereocenters. The largest absolute Gasteiger partial charge is 0.468 e. The fourth-order valence-corrected chi connectivity index (χ4v) is 9.19. The van der Waals surface area contributed by atoms with Gasteiger partial charge in [0.1, 0.15) is 41.2 Å². The number of nitrogens with zero attached hydrogens (tertiary/aromatic N) is 5. The van der Waals surface area contributed by atoms with Gasteiger partial charge >= 0.3 is 18.0 Å². The fourth-order valence-electron chi connectivity index (χ4n) is 9.19. The lowest BCUT2D eigenvalue weighted by Crippen LogP contribution is -2.59. The van der Waals surface area contributed by atoms with E-state index in [1.165, 1.54) is 13.2 Å². The Bertz CT molecular complexity index is 2340. The first-order valence-corrected chi connectivity index (χ1v) is 20.1. The van der Waals surface area contributed by atoms with Crippen LogP contribution in [0.2, 0.25) is 0 Å². The number of imide groups is 1. The molecule has 4 aromatic rings. The van der Waals surface area contributed by atoms with Gasteiger partial charge in [-0.05, 0) is 106 Å². The number of methoxy groups -OCH3 is 1. The topological polar surface area (TPSA) is 136 Å². The zero-order valence-corrected chi connectivity index (χ0v) is 34.0. The number of nitrogens with one attached hydrogen (secondary N) is 1. The number of carbonyl (C=O) groups is 3. The van der Waals surface area contributed by atoms with Crippen LogP contribution in [0.3, 0.4) is 0 Å². The van der Waals surface area contributed by atoms with Crippen LogP contribution >= 0.6 is 0 Å². The number of hydrogen-bond acceptors (Lipinski definition) is 11. The van der Waals surface area contributed by atoms with Gasteiger partial charge in [0.05, 0.1) is 17.5 Å². The lowest BCUT2D eigenvalue weighted by molar-refractivity contribution is -0.158. The average Bonchev–Trinajstić information content (AvgIpc) is 3.81. The molecule has 3 amide bonds. The van der Waals surface area contributed by atoms with Crippen molar-refractivity contribution in [2.24, 2.45) is 5.41 Å². The molecule has 1 spiro atoms. The number of halogens is 3. The van der Waals surface area contributed by atoms with Gasteiger partial charge in [0.25, 0.3) is 5.91 Å². The summed E-state index contributed by atoms with van der Waals surface area (Å²) in [5, 5.41) is 4.32. The molecule has 16 heteroatoms. The maximum atomic E-state index is 17.5. The van der Waals surface area contributed by atoms with Gasteiger partial charge < -0.3 is 29.2 Å². The SMILES string of the molecule is CCc1c(F)ccc2cc(OCOC)cc(-c3ccc4c(N5CCC[C@]6(C5)NC(=O)N(COC(=O)C(C)(C)C)C6=O)nc(OC[C@@]56CCCN5C[C@H](F)C6)nc4c3F)c12. The molecule has 0 bridgehead atoms. The van der Waals surface area contributed by atoms with Crippen molar-refractivity contribution in [3.8, 4) is 22.9 Å². The highest BCUT2D eigenvalue weighted by Gasteiger charge is 2.54. The normalized spacial score (nSPS) is 23.4. The van der Waals surface area contributed by atoms with E-state index < -0.39 is 58.9 Å². The van der Waals surface area contributed by atoms with E-state index in [0.717, 1.165) is 24.3 Å². The van der Waals surface area contributed by atoms with Crippen LogP contribution in [0.5, 0.6) is 11.8 Å². The smallest absolute Gasteiger partial charge is 0.327 e. The molecule has 13 nitrogen and oxygen atoms in total. The van der Waals surface area contributed by atoms with Gasteiger partial charge in [-0.15, -0.1) is 0 Å². The Morgan fingerprint density at radius 2 is 1.81 bits per heavy atom. The molecular weight excluding hydrogens is 770 g/mol. The van der Waals surface area contributed by atoms with Crippen molar-refractivity contribution in [3.63, 3.8) is 0 Å². The number of amides is 3. The molecule has 0 saturated carbocycles. The summed E-state index contributed by atoms with van der Waals surface area (Å²) < 4.78 is 70.2. The number of alkyl halides is 1. The van der Waals surface area contributed by atoms with Gasteiger partial charge in [-0.1, -0.05) is 19.1 Å². The Balaban J connectivity index is 1.22. The first-order chi connectivity index (χ1) is 28.2. The summed E-state index contributed by atoms with van der Waals surface area (Å²) in [6.07, 6.45) is 2.02. The summed E-state index contributed by atoms with van der Waals surface area (Å²) in [4.78, 5) is 54.0. The summed E-state index contributed by atoms with van der Waals surface area (Å²) in [5.74, 6) is -1.60. The number of aryl methyl sites for hydroxylation is 1. The second-order valence-corrected chi connectivity index (χ2v) is 17.1. The zero-order valence-electron chi connectivity index (χ0n) is 34.0. The van der Waals surface area contributed by atoms with Crippen LogP contribution < -0.4 is 19.7 Å². The number of aromatic nitrogens is 2. The van der Waals surface area contributed by atoms with Crippen LogP contribution in [0.4, 0.5) is 23.8 Å². The molecule has 5 heterocycles. The van der Waals surface area contributed by atoms with E-state index in [9.17, 15) is 18.8 Å². The first kappa shape index (κ1) is 40.6. The van der Waals surface area contributed by atoms with Crippen molar-refractivity contribution in [2.75, 3.05) is 58.3 Å². The number of esters is 1. The quantitative estimate of drug-likeness (QED) is 0.0989. The number of ether oxygens (including phenoxy) is 4. The molecule has 4 aliphatic heterocycles. The molecule has 1 N–H and O–H groups in total. The van der Waals surface area contributed by atoms with E-state index in [1.807, 2.05) is 6.92 Å². The van der Waals surface area contributed by atoms with Crippen molar-refractivity contribution >= 4 is 45.4 Å². The zero-order chi connectivity index (χ0) is 41.9. The summed E-state index contributed by atoms with van der Waals surface area (Å²) >= 11 is 0. The Kier molecular flexibility index (Phi) is 10.6. The minimum atomic E-state index is -1.38. The van der Waals surface area contributed by atoms with Gasteiger partial charge in [-0.2, -0.15) is 9.97 Å². The lowest BCUT2D eigenvalue weighted by Gasteiger charge is -2.39. The molecule has 4 saturated heterocycles. The van der Waals surface area contributed by atoms with Crippen LogP contribution in [0.15, 0.2) is 36.4 Å². The van der Waals surface area contributed by atoms with E-state index in [1.54, 1.807) is 56.0 Å². The van der Waals surface area contributed by atoms with Gasteiger partial charge in [0.15, 0.2) is 19.3 Å². The van der Waals surface area contributed by atoms with Crippen molar-refractivity contribution in [2.45, 2.75) is 83.5 Å². The second-order valence-electron chi connectivity index (χ2n) is 17.1. The van der Waals surface area contributed by atoms with Gasteiger partial charge in [0.2, 0.25) is 0 Å². The number of carbonyl (C=O) groups excluding carboxylic acids is 3. The molecule has 3 aromatic carbocycles. The number of rotatable bonds is 11. The number of hydrogen-bond donors (Lipinski definition) is 1. The van der Waals surface area contributed by atoms with Crippen molar-refractivity contribution < 1.29 is 46.5 Å². The summed E-state index contributed by atoms with van der Waals surface area (Å²) in [7, 11) is 1.49. The predicted molar refractivity (Wildman–Crippen MR) is 213 cm³/mol. The van der Waals surface area contributed by atoms with E-state index in [4.69, 9.17) is 23.9 Å². The third kappa shape index (κ3) is 7.27. The summed E-state index contributed by atoms with van der Waals surface area (Å²) in [6, 6.07) is 8.86. The maximum Gasteiger partial charge on any atom is 0.327 e. The van der Waals surface area contributed by atoms with Crippen LogP contribution in [0.1, 0.15) is 65.4 Å². The molecule has 0 aliphatic carbocycles. The van der Waals surface area contributed by atoms with Crippen molar-refractivity contribution in [1.82, 2.24) is 25.1 Å². The molecule has 3 atom stereocenters. The van der Waals surface area contributed by atoms with E-state index in [0.29, 0.717) is 71.8 Å². The molecular formula is C43H49F3N6O7. The highest BCUT2D eigenvalue weighted by Crippen LogP contribution is 2.43. The molecule has 4 fully saturated rings. The van der Waals surface area contributed by atoms with Gasteiger partial charge in [0, 0.05) is 37.6 Å². The third-order valence-corrected chi connectivity index (χ3v) is 12.1. The highest BCUT2D eigenvalue weighted by atomic mass is 19.1. The van der Waals surface area contributed by atoms with Crippen molar-refractivity contribution in [3.05, 3.63) is 53.6 Å². The minimum absolute atomic E-state index is 0.0277. The summed E-state index contributed by atoms with van der Waals surface area (Å²) in [5.41, 5.74) is -1.93. The van der Waals surface area contributed by atoms with Crippen LogP contribution in [-0.2, 0) is 25.5 Å². The molecule has 59 heavy (non-hydrogen) atoms. The van der Waals surface area contributed by atoms with Gasteiger partial charge in [-0.25, -0.2) is 22.9 Å². The highest BCUT2D eigenvalue weighted by molar-refractivity contribution is 6.08. The van der Waals surface area contributed by atoms with E-state index >= 15 is 8.78 Å². The van der Waals surface area contributed by atoms with Gasteiger partial charge in [-0.3, -0.25) is 14.5 Å². The number of piperidine rings is 1. The van der Waals surface area contributed by atoms with Crippen LogP contribution in [-0.4, -0.2) is 108 Å². The fraction of sp³-hybridized carbons (Fsp3) is 0.512. The van der Waals surface area contributed by atoms with Crippen LogP contribution in [0, 0.1) is 17.0 Å². The summed E-state index contributed by atoms with van der Waals surface area (Å²) in [6.45, 7) is 7.75. The lowest BCUT2D eigenvalue weighted by atomic mass is 9.88. The van der Waals surface area contributed by atoms with Crippen molar-refractivity contribution in [1.29, 1.82) is 0 Å². The van der Waals surface area contributed by atoms with E-state index in [2.05, 4.69) is 15.2 Å². The first-order valence-electron chi connectivity index (χ1n) is 20.1. The molecule has 0 radical (unpaired) electrons. The monoisotopic (exact) mass is 818 g/mol. The number of fused-ring (bicyclic) bond motifs is 3. The maximum absolute atomic E-state index is 17.5. The number of urea groups is 1. The standard InChI is InChI=1S/C43H49F3N6O7/c1-6-28-32(45)12-9-25-17-27(59-24-56-5)18-31(33(25)28)29-10-11-30-35(34(29)46)47-39(57-22-42-13-7-16-51(42)20-26(44)19-42)48-36(30)50-15-8-14-43(21-50)37(53)52(40(55)49-43)23-58-38(54)41(2,3)4/h9-12,17-18,26H,6-8,13-16,19-24H2,1-5H3,(H,49,55)/t26-,42+,43-/m1/s1. The Morgan fingerprint density at radius 1 is 1.02 bits per heavy atom. The molecule has 314 valence electrons. The Labute approximate surface area is 340 Å². The number of anilines is 1. The van der Waals surface area contributed by atoms with E-state index in [-0.39, 0.29) is 42.9 Å². The average molecular weight is 819 g/mol. The molecule has 4 aliphatic rings. The Hall–Kier alpha value is -5.22. The number of benzene rings is 3. The third-order valence-electron chi connectivity index (χ3n) is 12.1. The second kappa shape index (κ2) is 15.4. The Morgan fingerprint density at radius 3 is 2.58 bits per heavy atom. The molecule has 8 rings (SSSR count). The predicted octanol–water partition coefficient (Wildman–Crippen LogP) is 6.67. The molecule has 1 aromatic heterocycles.